The molecule has 1 aliphatic rings. The zero-order valence-corrected chi connectivity index (χ0v) is 23.5. The molecule has 39 heavy (non-hydrogen) atoms. The fraction of sp³-hybridized carbons (Fsp3) is 1.00. The van der Waals surface area contributed by atoms with E-state index in [0.717, 1.165) is 0 Å². The predicted octanol–water partition coefficient (Wildman–Crippen LogP) is -12.2. The molecule has 7 atom stereocenters. The third-order valence-electron chi connectivity index (χ3n) is 3.75. The Morgan fingerprint density at radius 2 is 0.513 bits per heavy atom. The van der Waals surface area contributed by atoms with Crippen molar-refractivity contribution in [2.45, 2.75) is 36.6 Å². The highest BCUT2D eigenvalue weighted by atomic mass is 32.1. The summed E-state index contributed by atoms with van der Waals surface area (Å²) < 4.78 is 89.3. The first-order valence-corrected chi connectivity index (χ1v) is 19.5. The molecule has 33 heteroatoms. The van der Waals surface area contributed by atoms with E-state index in [-0.39, 0.29) is 0 Å². The van der Waals surface area contributed by atoms with Crippen LogP contribution in [0.1, 0.15) is 0 Å². The van der Waals surface area contributed by atoms with Crippen LogP contribution >= 0.6 is 54.0 Å². The Morgan fingerprint density at radius 3 is 0.641 bits per heavy atom. The van der Waals surface area contributed by atoms with E-state index in [0.29, 0.717) is 0 Å². The molecule has 0 saturated heterocycles. The normalized spacial score (nSPS) is 29.7. The molecule has 0 spiro atoms. The van der Waals surface area contributed by atoms with Crippen molar-refractivity contribution >= 4 is 54.0 Å². The predicted molar refractivity (Wildman–Crippen MR) is 81.8 cm³/mol. The van der Waals surface area contributed by atoms with Gasteiger partial charge in [-0.2, -0.15) is 0 Å². The molecular weight excluding hydrogens is 705 g/mol. The lowest BCUT2D eigenvalue weighted by Gasteiger charge is -2.58. The van der Waals surface area contributed by atoms with Crippen LogP contribution in [0, 0.1) is 0 Å². The summed E-state index contributed by atoms with van der Waals surface area (Å²) in [5, 5.41) is 0. The molecule has 234 valence electrons. The maximum Gasteiger partial charge on any atom is 0.259 e. The summed E-state index contributed by atoms with van der Waals surface area (Å²) in [5.41, 5.74) is 0. The zero-order chi connectivity index (χ0) is 31.2. The molecule has 3 unspecified atom stereocenters. The Balaban J connectivity index is 4.16. The summed E-state index contributed by atoms with van der Waals surface area (Å²) in [5.74, 6) is 0. The molecule has 0 aromatic heterocycles. The van der Waals surface area contributed by atoms with Crippen molar-refractivity contribution in [2.75, 3.05) is 0 Å². The molecular formula is C6H6O26P7-13. The summed E-state index contributed by atoms with van der Waals surface area (Å²) in [6, 6.07) is 0. The van der Waals surface area contributed by atoms with Crippen molar-refractivity contribution < 1.29 is 123 Å². The second-order valence-electron chi connectivity index (χ2n) is 6.59. The highest BCUT2D eigenvalue weighted by molar-refractivity contribution is 8.27. The summed E-state index contributed by atoms with van der Waals surface area (Å²) in [7, 11) is -48.5. The fourth-order valence-corrected chi connectivity index (χ4v) is 6.82. The van der Waals surface area contributed by atoms with Gasteiger partial charge >= 0.3 is 0 Å². The van der Waals surface area contributed by atoms with Crippen LogP contribution in [-0.4, -0.2) is 36.6 Å². The molecule has 0 N–H and O–H groups in total. The van der Waals surface area contributed by atoms with Crippen LogP contribution in [0.15, 0.2) is 0 Å². The second kappa shape index (κ2) is 12.6. The third-order valence-corrected chi connectivity index (χ3v) is 9.45. The Hall–Kier alpha value is 1.01. The fourth-order valence-electron chi connectivity index (χ4n) is 2.80. The van der Waals surface area contributed by atoms with Crippen molar-refractivity contribution in [2.24, 2.45) is 0 Å². The van der Waals surface area contributed by atoms with E-state index in [9.17, 15) is 95.9 Å². The molecule has 0 heterocycles. The van der Waals surface area contributed by atoms with E-state index in [1.54, 1.807) is 0 Å². The van der Waals surface area contributed by atoms with Crippen LogP contribution in [0.4, 0.5) is 0 Å². The number of rotatable bonds is 13. The quantitative estimate of drug-likeness (QED) is 0.160. The van der Waals surface area contributed by atoms with Gasteiger partial charge in [0.15, 0.2) is 0 Å². The van der Waals surface area contributed by atoms with Crippen LogP contribution in [0.5, 0.6) is 0 Å². The number of phosphoric ester groups is 5. The van der Waals surface area contributed by atoms with Gasteiger partial charge in [0.1, 0.15) is 36.6 Å². The van der Waals surface area contributed by atoms with Gasteiger partial charge in [0.05, 0.1) is 39.1 Å². The summed E-state index contributed by atoms with van der Waals surface area (Å²) in [6.07, 6.45) is -22.7. The van der Waals surface area contributed by atoms with E-state index in [4.69, 9.17) is 0 Å². The maximum absolute atomic E-state index is 11.8. The number of hydrogen-bond acceptors (Lipinski definition) is 26. The van der Waals surface area contributed by atoms with Crippen LogP contribution in [0.25, 0.3) is 0 Å². The number of hydrogen-bond donors (Lipinski definition) is 0. The molecule has 1 aliphatic carbocycles. The molecule has 1 fully saturated rings. The summed E-state index contributed by atoms with van der Waals surface area (Å²) >= 11 is 0. The lowest BCUT2D eigenvalue weighted by Crippen LogP contribution is -2.68. The minimum Gasteiger partial charge on any atom is -0.790 e. The van der Waals surface area contributed by atoms with Crippen molar-refractivity contribution in [3.05, 3.63) is 0 Å². The molecule has 0 aliphatic heterocycles. The van der Waals surface area contributed by atoms with Crippen LogP contribution < -0.4 is 68.5 Å². The zero-order valence-electron chi connectivity index (χ0n) is 17.2. The van der Waals surface area contributed by atoms with Gasteiger partial charge in [-0.05, 0) is 0 Å². The lowest BCUT2D eigenvalue weighted by atomic mass is 9.85. The van der Waals surface area contributed by atoms with Crippen LogP contribution in [-0.2, 0) is 54.5 Å². The largest absolute Gasteiger partial charge is 0.790 e. The summed E-state index contributed by atoms with van der Waals surface area (Å²) in [6.45, 7) is 0. The molecule has 0 aromatic rings. The van der Waals surface area contributed by atoms with Crippen molar-refractivity contribution in [3.63, 3.8) is 0 Å². The van der Waals surface area contributed by atoms with Gasteiger partial charge in [-0.3, -0.25) is 4.57 Å². The average Bonchev–Trinajstić information content (AvgIpc) is 2.58. The van der Waals surface area contributed by atoms with Crippen molar-refractivity contribution in [1.82, 2.24) is 0 Å². The van der Waals surface area contributed by atoms with Gasteiger partial charge in [-0.1, -0.05) is 7.63 Å². The minimum atomic E-state index is -7.20. The van der Waals surface area contributed by atoms with Gasteiger partial charge < -0.3 is 118 Å². The van der Waals surface area contributed by atoms with Gasteiger partial charge in [-0.25, -0.2) is 0 Å². The average molecular weight is 711 g/mol. The molecule has 1 rings (SSSR count). The van der Waals surface area contributed by atoms with E-state index >= 15 is 0 Å². The van der Waals surface area contributed by atoms with E-state index < -0.39 is 90.7 Å². The standard InChI is InChI=1S/C6H19O26P7/c7-33(8,9)27-1-2(28-34(10,11)12)4(30-36(16,17)18)6(32-39(25,26)38(22,23)24)5(31-37(19,20)21)3(1)29-35(13,14)15/h1-6H,(H,25,26)(H2,7,8,9)(H2,10,11,12)(H2,13,14,15)(H2,16,17,18)(H2,19,20,21)(H2,22,23,24)/p-13/t1?,2-,3+,4-,5-,6?/m1/s1. The van der Waals surface area contributed by atoms with Crippen LogP contribution in [0.3, 0.4) is 0 Å². The first kappa shape index (κ1) is 38.0. The second-order valence-corrected chi connectivity index (χ2v) is 17.1. The van der Waals surface area contributed by atoms with E-state index in [1.165, 1.54) is 0 Å². The van der Waals surface area contributed by atoms with Crippen molar-refractivity contribution in [3.8, 4) is 0 Å². The maximum atomic E-state index is 11.8. The van der Waals surface area contributed by atoms with Gasteiger partial charge in [0.2, 0.25) is 0 Å². The smallest absolute Gasteiger partial charge is 0.259 e. The molecule has 0 bridgehead atoms. The van der Waals surface area contributed by atoms with Gasteiger partial charge in [0, 0.05) is 0 Å². The van der Waals surface area contributed by atoms with E-state index in [1.807, 2.05) is 0 Å². The van der Waals surface area contributed by atoms with Crippen molar-refractivity contribution in [1.29, 1.82) is 0 Å². The Kier molecular flexibility index (Phi) is 12.2. The van der Waals surface area contributed by atoms with Gasteiger partial charge in [0.25, 0.3) is 7.28 Å². The number of phosphoric acid groups is 5. The van der Waals surface area contributed by atoms with E-state index in [2.05, 4.69) is 27.1 Å². The molecule has 1 saturated carbocycles. The minimum absolute atomic E-state index is 3.59. The molecule has 0 aromatic carbocycles. The lowest BCUT2D eigenvalue weighted by molar-refractivity contribution is -0.424. The molecule has 0 radical (unpaired) electrons. The molecule has 26 nitrogen and oxygen atoms in total. The molecule has 0 amide bonds. The Labute approximate surface area is 214 Å². The highest BCUT2D eigenvalue weighted by Gasteiger charge is 2.58. The first-order valence-electron chi connectivity index (χ1n) is 8.36. The monoisotopic (exact) mass is 711 g/mol. The van der Waals surface area contributed by atoms with Gasteiger partial charge in [-0.15, -0.1) is 0 Å². The SMILES string of the molecule is O=P([O-])([O-])OC1[C@@H](OP(=O)([O-])[O-])[C@@H](OP(=O)([O-])[O-])C(OP(=O)([O-])[P+]([O-])([O-])[O-])[C@H](OP(=O)([O-])[O-])[C@H]1OP(=O)([O-])[O-]. The summed E-state index contributed by atoms with van der Waals surface area (Å²) in [4.78, 5) is 157. The highest BCUT2D eigenvalue weighted by Crippen LogP contribution is 2.70. The Bertz CT molecular complexity index is 1080. The first-order chi connectivity index (χ1) is 16.8. The Morgan fingerprint density at radius 1 is 0.359 bits per heavy atom. The van der Waals surface area contributed by atoms with Crippen LogP contribution in [0.2, 0.25) is 0 Å². The topological polar surface area (TPSA) is 481 Å². The third kappa shape index (κ3) is 13.0.